The Morgan fingerprint density at radius 3 is 2.71 bits per heavy atom. The first kappa shape index (κ1) is 22.8. The van der Waals surface area contributed by atoms with Crippen molar-refractivity contribution in [3.63, 3.8) is 0 Å². The zero-order valence-corrected chi connectivity index (χ0v) is 18.8. The summed E-state index contributed by atoms with van der Waals surface area (Å²) in [6.45, 7) is 2.63. The highest BCUT2D eigenvalue weighted by atomic mass is 19.1. The van der Waals surface area contributed by atoms with E-state index in [1.54, 1.807) is 11.0 Å². The predicted molar refractivity (Wildman–Crippen MR) is 123 cm³/mol. The Morgan fingerprint density at radius 1 is 1.14 bits per heavy atom. The number of oxazole rings is 1. The summed E-state index contributed by atoms with van der Waals surface area (Å²) in [5, 5.41) is 3.08. The molecule has 1 amide bonds. The van der Waals surface area contributed by atoms with Crippen molar-refractivity contribution in [3.05, 3.63) is 71.8 Å². The summed E-state index contributed by atoms with van der Waals surface area (Å²) in [7, 11) is 0. The Bertz CT molecular complexity index is 1380. The second kappa shape index (κ2) is 9.36. The van der Waals surface area contributed by atoms with Crippen LogP contribution in [0.5, 0.6) is 0 Å². The summed E-state index contributed by atoms with van der Waals surface area (Å²) >= 11 is 0. The van der Waals surface area contributed by atoms with E-state index in [1.807, 2.05) is 6.92 Å². The molecule has 0 aliphatic carbocycles. The van der Waals surface area contributed by atoms with Gasteiger partial charge in [-0.15, -0.1) is 0 Å². The molecule has 3 heterocycles. The number of carbonyl (C=O) groups excluding carboxylic acids is 1. The molecule has 4 aromatic rings. The number of rotatable bonds is 5. The highest BCUT2D eigenvalue weighted by Gasteiger charge is 2.35. The highest BCUT2D eigenvalue weighted by Crippen LogP contribution is 2.31. The fourth-order valence-electron chi connectivity index (χ4n) is 4.53. The quantitative estimate of drug-likeness (QED) is 0.429. The molecule has 1 aliphatic rings. The SMILES string of the molecule is C[C@@H]1CCCN(C(=O)c2c(F)ccc(F)c2-c2ncccn2)[C@@H]1CNc1nc2ccc(F)cc2o1. The van der Waals surface area contributed by atoms with Crippen LogP contribution < -0.4 is 5.32 Å². The Hall–Kier alpha value is -3.95. The summed E-state index contributed by atoms with van der Waals surface area (Å²) in [6.07, 6.45) is 4.39. The third-order valence-corrected chi connectivity index (χ3v) is 6.30. The first-order valence-electron chi connectivity index (χ1n) is 11.3. The molecule has 1 N–H and O–H groups in total. The lowest BCUT2D eigenvalue weighted by molar-refractivity contribution is 0.0535. The minimum Gasteiger partial charge on any atom is -0.423 e. The first-order chi connectivity index (χ1) is 16.9. The van der Waals surface area contributed by atoms with E-state index in [0.29, 0.717) is 17.6 Å². The van der Waals surface area contributed by atoms with Crippen molar-refractivity contribution in [2.75, 3.05) is 18.4 Å². The summed E-state index contributed by atoms with van der Waals surface area (Å²) < 4.78 is 48.9. The maximum Gasteiger partial charge on any atom is 0.295 e. The van der Waals surface area contributed by atoms with Crippen molar-refractivity contribution in [1.29, 1.82) is 0 Å². The van der Waals surface area contributed by atoms with Gasteiger partial charge in [0.05, 0.1) is 17.2 Å². The molecule has 7 nitrogen and oxygen atoms in total. The Morgan fingerprint density at radius 2 is 1.91 bits per heavy atom. The van der Waals surface area contributed by atoms with Gasteiger partial charge >= 0.3 is 0 Å². The van der Waals surface area contributed by atoms with E-state index >= 15 is 4.39 Å². The molecule has 5 rings (SSSR count). The monoisotopic (exact) mass is 481 g/mol. The number of likely N-dealkylation sites (tertiary alicyclic amines) is 1. The number of carbonyl (C=O) groups is 1. The van der Waals surface area contributed by atoms with Gasteiger partial charge in [0.15, 0.2) is 11.4 Å². The molecule has 35 heavy (non-hydrogen) atoms. The first-order valence-corrected chi connectivity index (χ1v) is 11.3. The number of fused-ring (bicyclic) bond motifs is 1. The van der Waals surface area contributed by atoms with Gasteiger partial charge in [-0.05, 0) is 49.1 Å². The van der Waals surface area contributed by atoms with Crippen molar-refractivity contribution in [2.24, 2.45) is 5.92 Å². The lowest BCUT2D eigenvalue weighted by Gasteiger charge is -2.40. The second-order valence-corrected chi connectivity index (χ2v) is 8.55. The predicted octanol–water partition coefficient (Wildman–Crippen LogP) is 5.05. The number of piperidine rings is 1. The van der Waals surface area contributed by atoms with E-state index in [2.05, 4.69) is 20.3 Å². The zero-order chi connectivity index (χ0) is 24.5. The van der Waals surface area contributed by atoms with Crippen LogP contribution >= 0.6 is 0 Å². The van der Waals surface area contributed by atoms with Gasteiger partial charge in [0.25, 0.3) is 11.9 Å². The third kappa shape index (κ3) is 4.43. The minimum atomic E-state index is -0.843. The number of benzene rings is 2. The smallest absolute Gasteiger partial charge is 0.295 e. The second-order valence-electron chi connectivity index (χ2n) is 8.55. The number of nitrogens with one attached hydrogen (secondary N) is 1. The standard InChI is InChI=1S/C25H22F3N5O2/c1-14-4-2-11-33(19(14)13-31-25-32-18-8-5-15(26)12-20(18)35-25)24(34)22-17(28)7-6-16(27)21(22)23-29-9-3-10-30-23/h3,5-10,12,14,19H,2,4,11,13H2,1H3,(H,31,32)/t14-,19-/m1/s1. The van der Waals surface area contributed by atoms with E-state index in [0.717, 1.165) is 25.0 Å². The maximum atomic E-state index is 15.0. The third-order valence-electron chi connectivity index (χ3n) is 6.30. The van der Waals surface area contributed by atoms with Crippen LogP contribution in [0, 0.1) is 23.4 Å². The van der Waals surface area contributed by atoms with Gasteiger partial charge in [-0.2, -0.15) is 4.98 Å². The molecular formula is C25H22F3N5O2. The summed E-state index contributed by atoms with van der Waals surface area (Å²) in [6, 6.07) is 7.33. The molecule has 1 saturated heterocycles. The molecule has 10 heteroatoms. The maximum absolute atomic E-state index is 15.0. The van der Waals surface area contributed by atoms with Crippen LogP contribution in [0.2, 0.25) is 0 Å². The fourth-order valence-corrected chi connectivity index (χ4v) is 4.53. The van der Waals surface area contributed by atoms with Gasteiger partial charge < -0.3 is 14.6 Å². The van der Waals surface area contributed by atoms with Crippen molar-refractivity contribution in [1.82, 2.24) is 19.9 Å². The Labute approximate surface area is 199 Å². The van der Waals surface area contributed by atoms with Gasteiger partial charge in [-0.3, -0.25) is 4.79 Å². The molecule has 0 spiro atoms. The molecule has 0 unspecified atom stereocenters. The summed E-state index contributed by atoms with van der Waals surface area (Å²) in [5.74, 6) is -2.69. The van der Waals surface area contributed by atoms with E-state index < -0.39 is 28.9 Å². The van der Waals surface area contributed by atoms with Crippen molar-refractivity contribution >= 4 is 23.0 Å². The van der Waals surface area contributed by atoms with Crippen molar-refractivity contribution in [3.8, 4) is 11.4 Å². The number of amides is 1. The summed E-state index contributed by atoms with van der Waals surface area (Å²) in [4.78, 5) is 27.6. The molecule has 1 aliphatic heterocycles. The molecule has 0 bridgehead atoms. The molecular weight excluding hydrogens is 459 g/mol. The molecule has 2 atom stereocenters. The van der Waals surface area contributed by atoms with E-state index in [4.69, 9.17) is 4.42 Å². The summed E-state index contributed by atoms with van der Waals surface area (Å²) in [5.41, 5.74) is 0.133. The molecule has 2 aromatic heterocycles. The number of halogens is 3. The Balaban J connectivity index is 1.45. The average molecular weight is 481 g/mol. The van der Waals surface area contributed by atoms with E-state index in [9.17, 15) is 13.6 Å². The van der Waals surface area contributed by atoms with Gasteiger partial charge in [0.2, 0.25) is 0 Å². The van der Waals surface area contributed by atoms with Crippen LogP contribution in [0.3, 0.4) is 0 Å². The lowest BCUT2D eigenvalue weighted by atomic mass is 9.89. The van der Waals surface area contributed by atoms with Crippen LogP contribution in [0.4, 0.5) is 19.2 Å². The largest absolute Gasteiger partial charge is 0.423 e. The van der Waals surface area contributed by atoms with Gasteiger partial charge in [-0.25, -0.2) is 23.1 Å². The van der Waals surface area contributed by atoms with Crippen LogP contribution in [0.25, 0.3) is 22.5 Å². The van der Waals surface area contributed by atoms with Crippen LogP contribution in [-0.4, -0.2) is 44.9 Å². The van der Waals surface area contributed by atoms with E-state index in [-0.39, 0.29) is 35.9 Å². The van der Waals surface area contributed by atoms with Gasteiger partial charge in [0.1, 0.15) is 23.0 Å². The normalized spacial score (nSPS) is 18.1. The fraction of sp³-hybridized carbons (Fsp3) is 0.280. The van der Waals surface area contributed by atoms with Crippen LogP contribution in [-0.2, 0) is 0 Å². The Kier molecular flexibility index (Phi) is 6.10. The molecule has 0 saturated carbocycles. The van der Waals surface area contributed by atoms with Gasteiger partial charge in [0, 0.05) is 31.5 Å². The molecule has 2 aromatic carbocycles. The number of aromatic nitrogens is 3. The topological polar surface area (TPSA) is 84.2 Å². The van der Waals surface area contributed by atoms with Crippen molar-refractivity contribution in [2.45, 2.75) is 25.8 Å². The average Bonchev–Trinajstić information content (AvgIpc) is 3.26. The number of anilines is 1. The molecule has 1 fully saturated rings. The number of hydrogen-bond acceptors (Lipinski definition) is 6. The molecule has 0 radical (unpaired) electrons. The van der Waals surface area contributed by atoms with Gasteiger partial charge in [-0.1, -0.05) is 6.92 Å². The van der Waals surface area contributed by atoms with E-state index in [1.165, 1.54) is 30.6 Å². The zero-order valence-electron chi connectivity index (χ0n) is 18.8. The highest BCUT2D eigenvalue weighted by molar-refractivity contribution is 6.00. The minimum absolute atomic E-state index is 0.0636. The number of nitrogens with zero attached hydrogens (tertiary/aromatic N) is 4. The van der Waals surface area contributed by atoms with Crippen LogP contribution in [0.1, 0.15) is 30.1 Å². The lowest BCUT2D eigenvalue weighted by Crippen LogP contribution is -2.51. The number of hydrogen-bond donors (Lipinski definition) is 1. The van der Waals surface area contributed by atoms with Crippen molar-refractivity contribution < 1.29 is 22.4 Å². The molecule has 180 valence electrons. The van der Waals surface area contributed by atoms with Crippen LogP contribution in [0.15, 0.2) is 53.2 Å².